The number of aliphatic hydroxyl groups is 1. The Kier molecular flexibility index (Phi) is 7.04. The van der Waals surface area contributed by atoms with Gasteiger partial charge in [-0.2, -0.15) is 0 Å². The molecule has 3 aromatic rings. The lowest BCUT2D eigenvalue weighted by atomic mass is 9.78. The Labute approximate surface area is 234 Å². The average molecular weight is 564 g/mol. The Morgan fingerprint density at radius 2 is 2.07 bits per heavy atom. The van der Waals surface area contributed by atoms with Gasteiger partial charge in [0.1, 0.15) is 19.0 Å². The fourth-order valence-electron chi connectivity index (χ4n) is 6.00. The van der Waals surface area contributed by atoms with Crippen LogP contribution in [0.25, 0.3) is 22.3 Å². The molecule has 4 heterocycles. The first-order chi connectivity index (χ1) is 19.7. The summed E-state index contributed by atoms with van der Waals surface area (Å²) in [7, 11) is 0. The first-order valence-electron chi connectivity index (χ1n) is 13.7. The topological polar surface area (TPSA) is 129 Å². The van der Waals surface area contributed by atoms with E-state index in [1.54, 1.807) is 23.8 Å². The highest BCUT2D eigenvalue weighted by Crippen LogP contribution is 2.45. The molecule has 10 nitrogen and oxygen atoms in total. The van der Waals surface area contributed by atoms with Gasteiger partial charge in [0.05, 0.1) is 48.3 Å². The summed E-state index contributed by atoms with van der Waals surface area (Å²) in [4.78, 5) is 46.9. The second kappa shape index (κ2) is 10.6. The molecule has 0 fully saturated rings. The van der Waals surface area contributed by atoms with E-state index in [1.807, 2.05) is 13.8 Å². The largest absolute Gasteiger partial charge is 0.458 e. The Morgan fingerprint density at radius 3 is 2.85 bits per heavy atom. The van der Waals surface area contributed by atoms with Crippen molar-refractivity contribution in [1.29, 1.82) is 0 Å². The van der Waals surface area contributed by atoms with Crippen molar-refractivity contribution in [2.24, 2.45) is 4.99 Å². The minimum atomic E-state index is -1.57. The van der Waals surface area contributed by atoms with Gasteiger partial charge < -0.3 is 23.9 Å². The number of aromatic nitrogens is 2. The average Bonchev–Trinajstić information content (AvgIpc) is 3.31. The van der Waals surface area contributed by atoms with Crippen molar-refractivity contribution in [2.45, 2.75) is 64.9 Å². The molecule has 0 saturated heterocycles. The smallest absolute Gasteiger partial charge is 0.340 e. The van der Waals surface area contributed by atoms with Crippen LogP contribution in [-0.2, 0) is 43.4 Å². The quantitative estimate of drug-likeness (QED) is 0.206. The number of cyclic esters (lactones) is 1. The Hall–Kier alpha value is -3.80. The van der Waals surface area contributed by atoms with Gasteiger partial charge in [0.15, 0.2) is 6.10 Å². The van der Waals surface area contributed by atoms with Crippen molar-refractivity contribution in [2.75, 3.05) is 19.8 Å². The van der Waals surface area contributed by atoms with Gasteiger partial charge in [-0.3, -0.25) is 9.59 Å². The summed E-state index contributed by atoms with van der Waals surface area (Å²) in [6.07, 6.45) is 1.28. The van der Waals surface area contributed by atoms with Crippen LogP contribution < -0.4 is 5.56 Å². The molecule has 214 valence electrons. The predicted octanol–water partition coefficient (Wildman–Crippen LogP) is 3.03. The molecule has 41 heavy (non-hydrogen) atoms. The normalized spacial score (nSPS) is 19.0. The molecular weight excluding hydrogens is 533 g/mol. The molecule has 1 amide bonds. The zero-order valence-electron chi connectivity index (χ0n) is 23.0. The summed E-state index contributed by atoms with van der Waals surface area (Å²) in [5.74, 6) is -1.90. The highest BCUT2D eigenvalue weighted by molar-refractivity contribution is 5.97. The summed E-state index contributed by atoms with van der Waals surface area (Å²) < 4.78 is 32.3. The fourth-order valence-corrected chi connectivity index (χ4v) is 6.00. The van der Waals surface area contributed by atoms with Gasteiger partial charge in [-0.1, -0.05) is 0 Å². The van der Waals surface area contributed by atoms with Gasteiger partial charge in [0, 0.05) is 34.7 Å². The monoisotopic (exact) mass is 563 g/mol. The van der Waals surface area contributed by atoms with E-state index in [1.165, 1.54) is 6.07 Å². The van der Waals surface area contributed by atoms with Crippen molar-refractivity contribution < 1.29 is 33.3 Å². The number of aryl methyl sites for hydroxylation is 1. The van der Waals surface area contributed by atoms with Gasteiger partial charge in [-0.25, -0.2) is 19.2 Å². The van der Waals surface area contributed by atoms with Crippen LogP contribution in [0, 0.1) is 12.7 Å². The fraction of sp³-hybridized carbons (Fsp3) is 0.433. The number of carbonyl (C=O) groups is 2. The van der Waals surface area contributed by atoms with E-state index in [2.05, 4.69) is 4.99 Å². The maximum Gasteiger partial charge on any atom is 0.340 e. The third kappa shape index (κ3) is 4.67. The molecule has 0 saturated carbocycles. The summed E-state index contributed by atoms with van der Waals surface area (Å²) in [5.41, 5.74) is 4.42. The number of ether oxygens (including phenoxy) is 3. The third-order valence-electron chi connectivity index (χ3n) is 7.99. The van der Waals surface area contributed by atoms with Crippen molar-refractivity contribution in [3.8, 4) is 11.4 Å². The lowest BCUT2D eigenvalue weighted by Gasteiger charge is -2.27. The molecule has 11 heteroatoms. The first-order valence-corrected chi connectivity index (χ1v) is 13.7. The van der Waals surface area contributed by atoms with Crippen LogP contribution >= 0.6 is 0 Å². The molecule has 1 N–H and O–H groups in total. The highest BCUT2D eigenvalue weighted by Gasteiger charge is 2.37. The number of amides is 1. The molecule has 2 aromatic heterocycles. The van der Waals surface area contributed by atoms with Gasteiger partial charge in [-0.05, 0) is 56.4 Å². The standard InChI is InChI=1S/C30H30FN3O7/c1-14(2)40-7-6-39-13-24(35)32-10-16-4-5-17-15(3)21(31)9-22-26(17)25(16)19-11-34-23(27(19)33-22)8-18-20(29(34)37)12-41-30(38)28(18)36/h8-10,14,16,28,36H,4-7,11-13H2,1-3H3/t16?,28-/m0/s1. The van der Waals surface area contributed by atoms with Crippen molar-refractivity contribution in [1.82, 2.24) is 9.55 Å². The third-order valence-corrected chi connectivity index (χ3v) is 7.99. The number of esters is 1. The van der Waals surface area contributed by atoms with Crippen LogP contribution in [0.2, 0.25) is 0 Å². The van der Waals surface area contributed by atoms with E-state index < -0.39 is 18.0 Å². The molecule has 3 aliphatic rings. The Balaban J connectivity index is 1.41. The summed E-state index contributed by atoms with van der Waals surface area (Å²) in [6.45, 7) is 6.04. The number of halogens is 1. The van der Waals surface area contributed by atoms with E-state index in [9.17, 15) is 23.9 Å². The van der Waals surface area contributed by atoms with Crippen LogP contribution in [-0.4, -0.2) is 58.7 Å². The number of rotatable bonds is 7. The Morgan fingerprint density at radius 1 is 1.27 bits per heavy atom. The minimum absolute atomic E-state index is 0.0749. The zero-order chi connectivity index (χ0) is 29.0. The van der Waals surface area contributed by atoms with Crippen LogP contribution in [0.1, 0.15) is 65.7 Å². The molecule has 1 unspecified atom stereocenters. The molecule has 1 aliphatic carbocycles. The van der Waals surface area contributed by atoms with Gasteiger partial charge in [0.2, 0.25) is 0 Å². The van der Waals surface area contributed by atoms with Gasteiger partial charge in [0.25, 0.3) is 11.5 Å². The van der Waals surface area contributed by atoms with Crippen molar-refractivity contribution >= 4 is 29.0 Å². The number of carbonyl (C=O) groups excluding carboxylic acids is 2. The lowest BCUT2D eigenvalue weighted by Crippen LogP contribution is -2.32. The zero-order valence-corrected chi connectivity index (χ0v) is 23.0. The minimum Gasteiger partial charge on any atom is -0.458 e. The summed E-state index contributed by atoms with van der Waals surface area (Å²) in [6, 6.07) is 2.99. The van der Waals surface area contributed by atoms with Gasteiger partial charge >= 0.3 is 5.97 Å². The molecule has 0 spiro atoms. The Bertz CT molecular complexity index is 1690. The van der Waals surface area contributed by atoms with Crippen LogP contribution in [0.4, 0.5) is 4.39 Å². The number of hydrogen-bond acceptors (Lipinski definition) is 8. The number of benzene rings is 1. The molecule has 1 aromatic carbocycles. The van der Waals surface area contributed by atoms with Crippen LogP contribution in [0.15, 0.2) is 21.9 Å². The predicted molar refractivity (Wildman–Crippen MR) is 146 cm³/mol. The van der Waals surface area contributed by atoms with E-state index in [4.69, 9.17) is 19.2 Å². The summed E-state index contributed by atoms with van der Waals surface area (Å²) in [5, 5.41) is 11.2. The van der Waals surface area contributed by atoms with E-state index in [0.29, 0.717) is 41.9 Å². The molecular formula is C30H30FN3O7. The maximum atomic E-state index is 15.0. The van der Waals surface area contributed by atoms with Crippen LogP contribution in [0.3, 0.4) is 0 Å². The molecule has 0 bridgehead atoms. The second-order valence-electron chi connectivity index (χ2n) is 10.9. The van der Waals surface area contributed by atoms with Crippen molar-refractivity contribution in [3.63, 3.8) is 0 Å². The molecule has 0 radical (unpaired) electrons. The number of nitrogens with zero attached hydrogens (tertiary/aromatic N) is 3. The number of aliphatic hydroxyl groups excluding tert-OH is 1. The van der Waals surface area contributed by atoms with E-state index in [0.717, 1.165) is 22.1 Å². The number of pyridine rings is 2. The molecule has 2 aliphatic heterocycles. The molecule has 2 atom stereocenters. The number of aliphatic imine (C=N–C) groups is 1. The number of fused-ring (bicyclic) bond motifs is 5. The number of hydrogen-bond donors (Lipinski definition) is 1. The molecule has 6 rings (SSSR count). The van der Waals surface area contributed by atoms with Crippen molar-refractivity contribution in [3.05, 3.63) is 61.7 Å². The summed E-state index contributed by atoms with van der Waals surface area (Å²) >= 11 is 0. The highest BCUT2D eigenvalue weighted by atomic mass is 19.1. The van der Waals surface area contributed by atoms with Gasteiger partial charge in [-0.15, -0.1) is 0 Å². The van der Waals surface area contributed by atoms with E-state index >= 15 is 0 Å². The second-order valence-corrected chi connectivity index (χ2v) is 10.9. The maximum absolute atomic E-state index is 15.0. The van der Waals surface area contributed by atoms with Crippen LogP contribution in [0.5, 0.6) is 0 Å². The SMILES string of the molecule is Cc1c(F)cc2nc3c(c4c2c1CCC4C=NC(=O)COCCOC(C)C)Cn1c-3cc2c(c1=O)COC(=O)[C@H]2O. The lowest BCUT2D eigenvalue weighted by molar-refractivity contribution is -0.157. The van der Waals surface area contributed by atoms with E-state index in [-0.39, 0.29) is 60.9 Å². The first kappa shape index (κ1) is 27.4.